The van der Waals surface area contributed by atoms with Crippen LogP contribution in [0.1, 0.15) is 5.56 Å². The summed E-state index contributed by atoms with van der Waals surface area (Å²) >= 11 is 5.99. The van der Waals surface area contributed by atoms with Crippen LogP contribution in [-0.4, -0.2) is 21.8 Å². The van der Waals surface area contributed by atoms with Crippen LogP contribution in [-0.2, 0) is 6.54 Å². The molecule has 0 aliphatic heterocycles. The van der Waals surface area contributed by atoms with E-state index >= 15 is 0 Å². The number of phenols is 1. The summed E-state index contributed by atoms with van der Waals surface area (Å²) in [7, 11) is 1.45. The number of hydrogen-bond donors (Lipinski definition) is 1. The Morgan fingerprint density at radius 1 is 1.42 bits per heavy atom. The van der Waals surface area contributed by atoms with Crippen molar-refractivity contribution in [2.75, 3.05) is 7.11 Å². The molecular formula is C18H14ClN3O2. The first-order valence-corrected chi connectivity index (χ1v) is 7.57. The first-order chi connectivity index (χ1) is 11.6. The number of imidazole rings is 1. The molecular weight excluding hydrogens is 326 g/mol. The van der Waals surface area contributed by atoms with Crippen molar-refractivity contribution >= 4 is 28.7 Å². The van der Waals surface area contributed by atoms with Crippen LogP contribution in [0, 0.1) is 11.3 Å². The third-order valence-corrected chi connectivity index (χ3v) is 3.91. The second-order valence-corrected chi connectivity index (χ2v) is 5.60. The van der Waals surface area contributed by atoms with Gasteiger partial charge in [0, 0.05) is 5.57 Å². The van der Waals surface area contributed by atoms with Crippen molar-refractivity contribution in [3.8, 4) is 17.6 Å². The van der Waals surface area contributed by atoms with Crippen molar-refractivity contribution in [3.05, 3.63) is 58.9 Å². The van der Waals surface area contributed by atoms with Crippen LogP contribution < -0.4 is 4.74 Å². The fourth-order valence-electron chi connectivity index (χ4n) is 2.47. The second kappa shape index (κ2) is 6.65. The normalized spacial score (nSPS) is 11.5. The SMILES string of the molecule is COc1cc(/C=C(/C#N)Cn2cnc3ccccc32)cc(Cl)c1O. The first-order valence-electron chi connectivity index (χ1n) is 7.19. The van der Waals surface area contributed by atoms with Crippen LogP contribution in [0.25, 0.3) is 17.1 Å². The molecule has 24 heavy (non-hydrogen) atoms. The van der Waals surface area contributed by atoms with Crippen molar-refractivity contribution in [1.29, 1.82) is 5.26 Å². The predicted molar refractivity (Wildman–Crippen MR) is 93.0 cm³/mol. The lowest BCUT2D eigenvalue weighted by Gasteiger charge is -2.07. The van der Waals surface area contributed by atoms with Gasteiger partial charge in [0.2, 0.25) is 0 Å². The molecule has 0 saturated carbocycles. The first kappa shape index (κ1) is 15.9. The number of benzene rings is 2. The number of phenolic OH excluding ortho intramolecular Hbond substituents is 1. The fraction of sp³-hybridized carbons (Fsp3) is 0.111. The van der Waals surface area contributed by atoms with Gasteiger partial charge in [-0.1, -0.05) is 23.7 Å². The number of ether oxygens (including phenoxy) is 1. The van der Waals surface area contributed by atoms with Crippen LogP contribution in [0.2, 0.25) is 5.02 Å². The number of nitriles is 1. The summed E-state index contributed by atoms with van der Waals surface area (Å²) in [6.45, 7) is 0.387. The zero-order valence-corrected chi connectivity index (χ0v) is 13.7. The molecule has 2 aromatic carbocycles. The van der Waals surface area contributed by atoms with Gasteiger partial charge in [0.15, 0.2) is 11.5 Å². The Morgan fingerprint density at radius 3 is 2.96 bits per heavy atom. The largest absolute Gasteiger partial charge is 0.503 e. The highest BCUT2D eigenvalue weighted by molar-refractivity contribution is 6.32. The van der Waals surface area contributed by atoms with Crippen LogP contribution in [0.4, 0.5) is 0 Å². The summed E-state index contributed by atoms with van der Waals surface area (Å²) in [6.07, 6.45) is 3.42. The minimum atomic E-state index is -0.115. The lowest BCUT2D eigenvalue weighted by atomic mass is 10.1. The summed E-state index contributed by atoms with van der Waals surface area (Å²) in [4.78, 5) is 4.32. The van der Waals surface area contributed by atoms with Gasteiger partial charge in [-0.2, -0.15) is 5.26 Å². The molecule has 0 saturated heterocycles. The molecule has 3 aromatic rings. The van der Waals surface area contributed by atoms with E-state index in [1.54, 1.807) is 24.5 Å². The monoisotopic (exact) mass is 339 g/mol. The van der Waals surface area contributed by atoms with Gasteiger partial charge in [-0.3, -0.25) is 0 Å². The van der Waals surface area contributed by atoms with Crippen LogP contribution >= 0.6 is 11.6 Å². The molecule has 0 bridgehead atoms. The number of rotatable bonds is 4. The number of allylic oxidation sites excluding steroid dienone is 1. The Labute approximate surface area is 144 Å². The van der Waals surface area contributed by atoms with Crippen LogP contribution in [0.5, 0.6) is 11.5 Å². The number of halogens is 1. The standard InChI is InChI=1S/C18H14ClN3O2/c1-24-17-8-12(7-14(19)18(17)23)6-13(9-20)10-22-11-21-15-4-2-3-5-16(15)22/h2-8,11,23H,10H2,1H3/b13-6-. The van der Waals surface area contributed by atoms with Crippen molar-refractivity contribution in [2.45, 2.75) is 6.54 Å². The summed E-state index contributed by atoms with van der Waals surface area (Å²) in [6, 6.07) is 13.1. The Kier molecular flexibility index (Phi) is 4.41. The van der Waals surface area contributed by atoms with Crippen molar-refractivity contribution in [2.24, 2.45) is 0 Å². The third kappa shape index (κ3) is 3.05. The molecule has 3 rings (SSSR count). The molecule has 120 valence electrons. The average molecular weight is 340 g/mol. The molecule has 6 heteroatoms. The number of para-hydroxylation sites is 2. The zero-order valence-electron chi connectivity index (χ0n) is 12.9. The van der Waals surface area contributed by atoms with Gasteiger partial charge >= 0.3 is 0 Å². The predicted octanol–water partition coefficient (Wildman–Crippen LogP) is 4.01. The third-order valence-electron chi connectivity index (χ3n) is 3.62. The molecule has 0 spiro atoms. The van der Waals surface area contributed by atoms with E-state index in [2.05, 4.69) is 11.1 Å². The van der Waals surface area contributed by atoms with E-state index in [9.17, 15) is 10.4 Å². The molecule has 0 unspecified atom stereocenters. The molecule has 0 radical (unpaired) electrons. The van der Waals surface area contributed by atoms with Gasteiger partial charge in [-0.15, -0.1) is 0 Å². The number of aromatic hydroxyl groups is 1. The Hall–Kier alpha value is -2.97. The Balaban J connectivity index is 1.96. The van der Waals surface area contributed by atoms with Gasteiger partial charge in [0.25, 0.3) is 0 Å². The minimum absolute atomic E-state index is 0.115. The van der Waals surface area contributed by atoms with E-state index in [0.29, 0.717) is 17.7 Å². The topological polar surface area (TPSA) is 71.1 Å². The highest BCUT2D eigenvalue weighted by atomic mass is 35.5. The summed E-state index contributed by atoms with van der Waals surface area (Å²) in [5, 5.41) is 19.4. The number of methoxy groups -OCH3 is 1. The quantitative estimate of drug-likeness (QED) is 0.729. The molecule has 1 heterocycles. The van der Waals surface area contributed by atoms with Gasteiger partial charge in [-0.05, 0) is 35.9 Å². The minimum Gasteiger partial charge on any atom is -0.503 e. The smallest absolute Gasteiger partial charge is 0.176 e. The maximum atomic E-state index is 9.78. The summed E-state index contributed by atoms with van der Waals surface area (Å²) < 4.78 is 6.99. The van der Waals surface area contributed by atoms with E-state index in [1.807, 2.05) is 28.8 Å². The fourth-order valence-corrected chi connectivity index (χ4v) is 2.69. The van der Waals surface area contributed by atoms with Gasteiger partial charge in [-0.25, -0.2) is 4.98 Å². The van der Waals surface area contributed by atoms with E-state index in [0.717, 1.165) is 11.0 Å². The van der Waals surface area contributed by atoms with Crippen LogP contribution in [0.15, 0.2) is 48.3 Å². The lowest BCUT2D eigenvalue weighted by molar-refractivity contribution is 0.373. The van der Waals surface area contributed by atoms with Gasteiger partial charge in [0.05, 0.1) is 42.1 Å². The molecule has 5 nitrogen and oxygen atoms in total. The number of fused-ring (bicyclic) bond motifs is 1. The maximum Gasteiger partial charge on any atom is 0.176 e. The van der Waals surface area contributed by atoms with E-state index in [4.69, 9.17) is 16.3 Å². The number of nitrogens with zero attached hydrogens (tertiary/aromatic N) is 3. The molecule has 0 aliphatic rings. The molecule has 0 aliphatic carbocycles. The van der Waals surface area contributed by atoms with E-state index in [-0.39, 0.29) is 16.5 Å². The zero-order chi connectivity index (χ0) is 17.1. The second-order valence-electron chi connectivity index (χ2n) is 5.20. The highest BCUT2D eigenvalue weighted by Gasteiger charge is 2.09. The highest BCUT2D eigenvalue weighted by Crippen LogP contribution is 2.35. The summed E-state index contributed by atoms with van der Waals surface area (Å²) in [5.74, 6) is 0.148. The molecule has 1 N–H and O–H groups in total. The van der Waals surface area contributed by atoms with Crippen molar-refractivity contribution in [1.82, 2.24) is 9.55 Å². The molecule has 0 fully saturated rings. The average Bonchev–Trinajstić information content (AvgIpc) is 3.00. The van der Waals surface area contributed by atoms with Crippen molar-refractivity contribution < 1.29 is 9.84 Å². The molecule has 0 amide bonds. The van der Waals surface area contributed by atoms with E-state index in [1.165, 1.54) is 7.11 Å². The van der Waals surface area contributed by atoms with Crippen molar-refractivity contribution in [3.63, 3.8) is 0 Å². The maximum absolute atomic E-state index is 9.78. The molecule has 0 atom stereocenters. The number of hydrogen-bond acceptors (Lipinski definition) is 4. The van der Waals surface area contributed by atoms with Gasteiger partial charge in [0.1, 0.15) is 0 Å². The Morgan fingerprint density at radius 2 is 2.21 bits per heavy atom. The lowest BCUT2D eigenvalue weighted by Crippen LogP contribution is -1.98. The number of aromatic nitrogens is 2. The molecule has 1 aromatic heterocycles. The van der Waals surface area contributed by atoms with Crippen LogP contribution in [0.3, 0.4) is 0 Å². The summed E-state index contributed by atoms with van der Waals surface area (Å²) in [5.41, 5.74) is 3.04. The Bertz CT molecular complexity index is 970. The van der Waals surface area contributed by atoms with E-state index < -0.39 is 0 Å². The van der Waals surface area contributed by atoms with Gasteiger partial charge < -0.3 is 14.4 Å².